The van der Waals surface area contributed by atoms with E-state index in [1.165, 1.54) is 17.8 Å². The van der Waals surface area contributed by atoms with E-state index in [2.05, 4.69) is 11.1 Å². The fourth-order valence-electron chi connectivity index (χ4n) is 3.46. The quantitative estimate of drug-likeness (QED) is 0.734. The summed E-state index contributed by atoms with van der Waals surface area (Å²) in [6.45, 7) is 1.41. The number of fused-ring (bicyclic) bond motifs is 1. The molecule has 28 heavy (non-hydrogen) atoms. The number of hydrogen-bond acceptors (Lipinski definition) is 6. The van der Waals surface area contributed by atoms with E-state index in [1.54, 1.807) is 22.9 Å². The molecule has 144 valence electrons. The number of hydrogen-bond donors (Lipinski definition) is 0. The molecule has 0 unspecified atom stereocenters. The number of pyridine rings is 1. The highest BCUT2D eigenvalue weighted by molar-refractivity contribution is 6.17. The topological polar surface area (TPSA) is 83.1 Å². The highest BCUT2D eigenvalue weighted by Crippen LogP contribution is 2.22. The largest absolute Gasteiger partial charge is 0.416 e. The van der Waals surface area contributed by atoms with Crippen molar-refractivity contribution in [3.8, 4) is 5.88 Å². The third kappa shape index (κ3) is 3.59. The molecule has 1 fully saturated rings. The van der Waals surface area contributed by atoms with Gasteiger partial charge in [-0.3, -0.25) is 14.5 Å². The number of amides is 3. The summed E-state index contributed by atoms with van der Waals surface area (Å²) in [6.07, 6.45) is 1.68. The number of piperazine rings is 1. The lowest BCUT2D eigenvalue weighted by atomic mass is 10.0. The highest BCUT2D eigenvalue weighted by Gasteiger charge is 2.30. The van der Waals surface area contributed by atoms with E-state index in [4.69, 9.17) is 4.74 Å². The molecule has 0 N–H and O–H groups in total. The number of aromatic nitrogens is 1. The molecule has 0 spiro atoms. The normalized spacial score (nSPS) is 17.5. The van der Waals surface area contributed by atoms with Crippen LogP contribution in [0, 0.1) is 0 Å². The van der Waals surface area contributed by atoms with Crippen LogP contribution in [-0.2, 0) is 22.6 Å². The summed E-state index contributed by atoms with van der Waals surface area (Å²) in [6, 6.07) is 11.1. The molecule has 3 amide bonds. The summed E-state index contributed by atoms with van der Waals surface area (Å²) in [5, 5.41) is 0. The molecule has 1 aromatic carbocycles. The Morgan fingerprint density at radius 1 is 1.00 bits per heavy atom. The Labute approximate surface area is 162 Å². The minimum absolute atomic E-state index is 0.127. The number of ether oxygens (including phenoxy) is 1. The van der Waals surface area contributed by atoms with E-state index < -0.39 is 6.09 Å². The molecule has 4 rings (SSSR count). The summed E-state index contributed by atoms with van der Waals surface area (Å²) in [4.78, 5) is 45.2. The van der Waals surface area contributed by atoms with E-state index in [-0.39, 0.29) is 30.8 Å². The van der Waals surface area contributed by atoms with Crippen molar-refractivity contribution in [2.45, 2.75) is 13.0 Å². The first-order chi connectivity index (χ1) is 13.5. The van der Waals surface area contributed by atoms with Gasteiger partial charge in [0, 0.05) is 19.2 Å². The van der Waals surface area contributed by atoms with Crippen LogP contribution in [0.15, 0.2) is 42.6 Å². The summed E-state index contributed by atoms with van der Waals surface area (Å²) < 4.78 is 5.36. The third-order valence-corrected chi connectivity index (χ3v) is 4.87. The Hall–Kier alpha value is -3.26. The van der Waals surface area contributed by atoms with Crippen LogP contribution in [0.2, 0.25) is 0 Å². The Bertz CT molecular complexity index is 910. The van der Waals surface area contributed by atoms with Crippen molar-refractivity contribution in [1.82, 2.24) is 14.8 Å². The van der Waals surface area contributed by atoms with Crippen LogP contribution in [0.1, 0.15) is 11.1 Å². The predicted molar refractivity (Wildman–Crippen MR) is 101 cm³/mol. The molecular weight excluding hydrogens is 360 g/mol. The second kappa shape index (κ2) is 7.40. The Morgan fingerprint density at radius 2 is 1.71 bits per heavy atom. The zero-order valence-corrected chi connectivity index (χ0v) is 15.5. The lowest BCUT2D eigenvalue weighted by Crippen LogP contribution is -2.52. The van der Waals surface area contributed by atoms with Crippen molar-refractivity contribution < 1.29 is 19.1 Å². The SMILES string of the molecule is CN1CC(=O)N(c2ccc(OC(=O)N3CCc4ccccc4C3)nc2)C(=O)C1. The molecular formula is C20H20N4O4. The van der Waals surface area contributed by atoms with Gasteiger partial charge in [0.05, 0.1) is 25.0 Å². The van der Waals surface area contributed by atoms with Gasteiger partial charge in [-0.1, -0.05) is 24.3 Å². The van der Waals surface area contributed by atoms with Gasteiger partial charge in [-0.05, 0) is 30.7 Å². The first-order valence-corrected chi connectivity index (χ1v) is 9.05. The molecule has 8 heteroatoms. The molecule has 8 nitrogen and oxygen atoms in total. The number of benzene rings is 1. The zero-order valence-electron chi connectivity index (χ0n) is 15.5. The second-order valence-electron chi connectivity index (χ2n) is 6.96. The number of likely N-dealkylation sites (N-methyl/N-ethyl adjacent to an activating group) is 1. The number of carbonyl (C=O) groups is 3. The number of carbonyl (C=O) groups excluding carboxylic acids is 3. The lowest BCUT2D eigenvalue weighted by molar-refractivity contribution is -0.131. The molecule has 0 saturated carbocycles. The fourth-order valence-corrected chi connectivity index (χ4v) is 3.46. The first kappa shape index (κ1) is 18.1. The summed E-state index contributed by atoms with van der Waals surface area (Å²) in [7, 11) is 1.72. The van der Waals surface area contributed by atoms with Gasteiger partial charge in [0.25, 0.3) is 0 Å². The molecule has 3 heterocycles. The van der Waals surface area contributed by atoms with Gasteiger partial charge >= 0.3 is 6.09 Å². The average Bonchev–Trinajstić information content (AvgIpc) is 2.68. The summed E-state index contributed by atoms with van der Waals surface area (Å²) >= 11 is 0. The monoisotopic (exact) mass is 380 g/mol. The zero-order chi connectivity index (χ0) is 19.7. The molecule has 2 aliphatic heterocycles. The van der Waals surface area contributed by atoms with Crippen molar-refractivity contribution in [2.24, 2.45) is 0 Å². The number of imide groups is 1. The van der Waals surface area contributed by atoms with Crippen LogP contribution >= 0.6 is 0 Å². The number of anilines is 1. The van der Waals surface area contributed by atoms with Crippen molar-refractivity contribution in [2.75, 3.05) is 31.6 Å². The Morgan fingerprint density at radius 3 is 2.39 bits per heavy atom. The van der Waals surface area contributed by atoms with Crippen molar-refractivity contribution in [3.63, 3.8) is 0 Å². The summed E-state index contributed by atoms with van der Waals surface area (Å²) in [5.41, 5.74) is 2.73. The molecule has 0 aliphatic carbocycles. The van der Waals surface area contributed by atoms with Gasteiger partial charge in [-0.2, -0.15) is 0 Å². The third-order valence-electron chi connectivity index (χ3n) is 4.87. The standard InChI is InChI=1S/C20H20N4O4/c1-22-12-18(25)24(19(26)13-22)16-6-7-17(21-10-16)28-20(27)23-9-8-14-4-2-3-5-15(14)11-23/h2-7,10H,8-9,11-13H2,1H3. The van der Waals surface area contributed by atoms with Crippen LogP contribution in [0.4, 0.5) is 10.5 Å². The van der Waals surface area contributed by atoms with Gasteiger partial charge in [-0.15, -0.1) is 0 Å². The average molecular weight is 380 g/mol. The minimum atomic E-state index is -0.471. The van der Waals surface area contributed by atoms with E-state index in [1.807, 2.05) is 18.2 Å². The second-order valence-corrected chi connectivity index (χ2v) is 6.96. The number of nitrogens with zero attached hydrogens (tertiary/aromatic N) is 4. The smallest absolute Gasteiger partial charge is 0.391 e. The van der Waals surface area contributed by atoms with Gasteiger partial charge in [-0.25, -0.2) is 14.7 Å². The number of rotatable bonds is 2. The van der Waals surface area contributed by atoms with E-state index in [9.17, 15) is 14.4 Å². The molecule has 2 aromatic rings. The van der Waals surface area contributed by atoms with Crippen molar-refractivity contribution in [1.29, 1.82) is 0 Å². The van der Waals surface area contributed by atoms with Crippen LogP contribution < -0.4 is 9.64 Å². The molecule has 1 saturated heterocycles. The van der Waals surface area contributed by atoms with E-state index >= 15 is 0 Å². The van der Waals surface area contributed by atoms with Gasteiger partial charge in [0.15, 0.2) is 0 Å². The van der Waals surface area contributed by atoms with Crippen LogP contribution in [0.3, 0.4) is 0 Å². The molecule has 1 aromatic heterocycles. The van der Waals surface area contributed by atoms with Crippen LogP contribution in [0.25, 0.3) is 0 Å². The molecule has 0 atom stereocenters. The Balaban J connectivity index is 1.42. The van der Waals surface area contributed by atoms with Crippen LogP contribution in [0.5, 0.6) is 5.88 Å². The predicted octanol–water partition coefficient (Wildman–Crippen LogP) is 1.44. The molecule has 0 radical (unpaired) electrons. The van der Waals surface area contributed by atoms with E-state index in [0.29, 0.717) is 18.8 Å². The van der Waals surface area contributed by atoms with Crippen molar-refractivity contribution in [3.05, 3.63) is 53.7 Å². The fraction of sp³-hybridized carbons (Fsp3) is 0.300. The highest BCUT2D eigenvalue weighted by atomic mass is 16.6. The van der Waals surface area contributed by atoms with Gasteiger partial charge in [0.2, 0.25) is 17.7 Å². The van der Waals surface area contributed by atoms with Gasteiger partial charge in [0.1, 0.15) is 0 Å². The maximum atomic E-state index is 12.4. The first-order valence-electron chi connectivity index (χ1n) is 9.05. The van der Waals surface area contributed by atoms with Crippen LogP contribution in [-0.4, -0.2) is 59.4 Å². The van der Waals surface area contributed by atoms with Gasteiger partial charge < -0.3 is 9.64 Å². The molecule has 0 bridgehead atoms. The Kier molecular flexibility index (Phi) is 4.79. The summed E-state index contributed by atoms with van der Waals surface area (Å²) in [5.74, 6) is -0.490. The van der Waals surface area contributed by atoms with Crippen molar-refractivity contribution >= 4 is 23.6 Å². The minimum Gasteiger partial charge on any atom is -0.391 e. The maximum absolute atomic E-state index is 12.4. The lowest BCUT2D eigenvalue weighted by Gasteiger charge is -2.30. The maximum Gasteiger partial charge on any atom is 0.416 e. The molecule has 2 aliphatic rings. The van der Waals surface area contributed by atoms with E-state index in [0.717, 1.165) is 16.9 Å².